The molecule has 4 aromatic rings. The molecule has 2 amide bonds. The van der Waals surface area contributed by atoms with Gasteiger partial charge in [-0.25, -0.2) is 9.18 Å². The van der Waals surface area contributed by atoms with Crippen molar-refractivity contribution < 1.29 is 28.6 Å². The number of aryl methyl sites for hydroxylation is 1. The molecule has 0 saturated heterocycles. The van der Waals surface area contributed by atoms with Gasteiger partial charge in [0.1, 0.15) is 5.75 Å². The first-order chi connectivity index (χ1) is 19.3. The van der Waals surface area contributed by atoms with E-state index >= 15 is 0 Å². The van der Waals surface area contributed by atoms with Gasteiger partial charge in [0.15, 0.2) is 23.8 Å². The topological polar surface area (TPSA) is 123 Å². The molecule has 4 rings (SSSR count). The van der Waals surface area contributed by atoms with Crippen molar-refractivity contribution >= 4 is 29.1 Å². The Kier molecular flexibility index (Phi) is 8.99. The van der Waals surface area contributed by atoms with E-state index in [-0.39, 0.29) is 5.56 Å². The minimum absolute atomic E-state index is 0.188. The molecule has 204 valence electrons. The molecule has 0 spiro atoms. The summed E-state index contributed by atoms with van der Waals surface area (Å²) in [6, 6.07) is 26.1. The Morgan fingerprint density at radius 3 is 2.33 bits per heavy atom. The molecule has 40 heavy (non-hydrogen) atoms. The van der Waals surface area contributed by atoms with Gasteiger partial charge in [-0.05, 0) is 67.1 Å². The predicted octanol–water partition coefficient (Wildman–Crippen LogP) is 6.35. The standard InChI is InChI=1S/C31H28FN3O5/c1-20-11-14-22(15-12-20)34-31(38)40-30(21-13-16-27(36)24(32)19-21)28(39-23-7-3-2-4-8-23)17-18-29(37)35-26-10-6-5-9-25(26)33/h2-19,28,30,36H,33H2,1H3,(H,34,38)(H,35,37)/b18-17+/t28-,30-/m1/s1. The lowest BCUT2D eigenvalue weighted by Gasteiger charge is -2.26. The quantitative estimate of drug-likeness (QED) is 0.145. The summed E-state index contributed by atoms with van der Waals surface area (Å²) in [7, 11) is 0. The lowest BCUT2D eigenvalue weighted by molar-refractivity contribution is -0.112. The number of rotatable bonds is 9. The van der Waals surface area contributed by atoms with Crippen molar-refractivity contribution in [1.82, 2.24) is 0 Å². The minimum Gasteiger partial charge on any atom is -0.505 e. The highest BCUT2D eigenvalue weighted by atomic mass is 19.1. The number of amides is 2. The zero-order valence-electron chi connectivity index (χ0n) is 21.6. The van der Waals surface area contributed by atoms with Gasteiger partial charge in [0, 0.05) is 11.8 Å². The maximum atomic E-state index is 14.4. The lowest BCUT2D eigenvalue weighted by atomic mass is 10.0. The number of aromatic hydroxyl groups is 1. The Bertz CT molecular complexity index is 1490. The highest BCUT2D eigenvalue weighted by Crippen LogP contribution is 2.30. The van der Waals surface area contributed by atoms with Crippen LogP contribution in [-0.4, -0.2) is 23.2 Å². The first kappa shape index (κ1) is 27.7. The monoisotopic (exact) mass is 541 g/mol. The van der Waals surface area contributed by atoms with E-state index in [9.17, 15) is 19.1 Å². The van der Waals surface area contributed by atoms with Crippen LogP contribution in [0, 0.1) is 12.7 Å². The van der Waals surface area contributed by atoms with Crippen LogP contribution in [0.2, 0.25) is 0 Å². The zero-order valence-corrected chi connectivity index (χ0v) is 21.6. The molecule has 0 saturated carbocycles. The number of phenols is 1. The van der Waals surface area contributed by atoms with Gasteiger partial charge in [0.2, 0.25) is 5.91 Å². The molecule has 0 aliphatic rings. The summed E-state index contributed by atoms with van der Waals surface area (Å²) in [5.41, 5.74) is 8.41. The predicted molar refractivity (Wildman–Crippen MR) is 152 cm³/mol. The van der Waals surface area contributed by atoms with Crippen molar-refractivity contribution in [2.24, 2.45) is 0 Å². The van der Waals surface area contributed by atoms with E-state index in [1.54, 1.807) is 66.7 Å². The van der Waals surface area contributed by atoms with Gasteiger partial charge in [-0.3, -0.25) is 10.1 Å². The average Bonchev–Trinajstić information content (AvgIpc) is 2.94. The molecule has 8 nitrogen and oxygen atoms in total. The highest BCUT2D eigenvalue weighted by Gasteiger charge is 2.29. The summed E-state index contributed by atoms with van der Waals surface area (Å²) in [6.45, 7) is 1.91. The normalized spacial score (nSPS) is 12.3. The van der Waals surface area contributed by atoms with E-state index in [2.05, 4.69) is 10.6 Å². The van der Waals surface area contributed by atoms with Crippen LogP contribution in [0.4, 0.5) is 26.2 Å². The molecule has 4 aromatic carbocycles. The van der Waals surface area contributed by atoms with E-state index in [1.807, 2.05) is 19.1 Å². The average molecular weight is 542 g/mol. The van der Waals surface area contributed by atoms with Crippen molar-refractivity contribution in [2.45, 2.75) is 19.1 Å². The maximum absolute atomic E-state index is 14.4. The smallest absolute Gasteiger partial charge is 0.412 e. The van der Waals surface area contributed by atoms with E-state index < -0.39 is 35.8 Å². The van der Waals surface area contributed by atoms with Crippen LogP contribution in [-0.2, 0) is 9.53 Å². The van der Waals surface area contributed by atoms with Crippen molar-refractivity contribution in [3.05, 3.63) is 126 Å². The summed E-state index contributed by atoms with van der Waals surface area (Å²) in [4.78, 5) is 25.7. The summed E-state index contributed by atoms with van der Waals surface area (Å²) >= 11 is 0. The van der Waals surface area contributed by atoms with Crippen LogP contribution in [0.5, 0.6) is 11.5 Å². The Hall–Kier alpha value is -5.31. The van der Waals surface area contributed by atoms with Crippen molar-refractivity contribution in [3.8, 4) is 11.5 Å². The number of benzene rings is 4. The van der Waals surface area contributed by atoms with E-state index in [1.165, 1.54) is 18.2 Å². The largest absolute Gasteiger partial charge is 0.505 e. The molecule has 9 heteroatoms. The van der Waals surface area contributed by atoms with E-state index in [0.29, 0.717) is 22.8 Å². The molecule has 0 heterocycles. The molecule has 0 aromatic heterocycles. The Labute approximate surface area is 230 Å². The molecular weight excluding hydrogens is 513 g/mol. The summed E-state index contributed by atoms with van der Waals surface area (Å²) in [5, 5.41) is 15.1. The fourth-order valence-corrected chi connectivity index (χ4v) is 3.75. The number of halogens is 1. The number of nitrogens with one attached hydrogen (secondary N) is 2. The van der Waals surface area contributed by atoms with Gasteiger partial charge < -0.3 is 25.6 Å². The first-order valence-electron chi connectivity index (χ1n) is 12.4. The zero-order chi connectivity index (χ0) is 28.5. The van der Waals surface area contributed by atoms with Crippen LogP contribution >= 0.6 is 0 Å². The van der Waals surface area contributed by atoms with Crippen LogP contribution in [0.25, 0.3) is 0 Å². The first-order valence-corrected chi connectivity index (χ1v) is 12.4. The van der Waals surface area contributed by atoms with Crippen molar-refractivity contribution in [3.63, 3.8) is 0 Å². The number of anilines is 3. The second-order valence-electron chi connectivity index (χ2n) is 8.86. The second kappa shape index (κ2) is 13.0. The lowest BCUT2D eigenvalue weighted by Crippen LogP contribution is -2.30. The van der Waals surface area contributed by atoms with Crippen LogP contribution in [0.15, 0.2) is 109 Å². The Morgan fingerprint density at radius 2 is 1.62 bits per heavy atom. The number of carbonyl (C=O) groups excluding carboxylic acids is 2. The third kappa shape index (κ3) is 7.61. The molecular formula is C31H28FN3O5. The van der Waals surface area contributed by atoms with Gasteiger partial charge in [-0.1, -0.05) is 54.1 Å². The number of carbonyl (C=O) groups is 2. The molecule has 0 fully saturated rings. The maximum Gasteiger partial charge on any atom is 0.412 e. The number of phenolic OH excluding ortho intramolecular Hbond substituents is 1. The Balaban J connectivity index is 1.65. The van der Waals surface area contributed by atoms with Gasteiger partial charge in [-0.15, -0.1) is 0 Å². The molecule has 0 bridgehead atoms. The van der Waals surface area contributed by atoms with Gasteiger partial charge in [0.25, 0.3) is 0 Å². The number of hydrogen-bond acceptors (Lipinski definition) is 6. The second-order valence-corrected chi connectivity index (χ2v) is 8.86. The number of nitrogens with two attached hydrogens (primary N) is 1. The van der Waals surface area contributed by atoms with Crippen molar-refractivity contribution in [2.75, 3.05) is 16.4 Å². The van der Waals surface area contributed by atoms with E-state index in [4.69, 9.17) is 15.2 Å². The number of nitrogen functional groups attached to an aromatic ring is 1. The minimum atomic E-state index is -1.23. The van der Waals surface area contributed by atoms with Gasteiger partial charge >= 0.3 is 6.09 Å². The summed E-state index contributed by atoms with van der Waals surface area (Å²) in [6.07, 6.45) is -0.541. The highest BCUT2D eigenvalue weighted by molar-refractivity contribution is 6.01. The fraction of sp³-hybridized carbons (Fsp3) is 0.0968. The molecule has 0 unspecified atom stereocenters. The SMILES string of the molecule is Cc1ccc(NC(=O)O[C@H](c2ccc(O)c(F)c2)[C@@H](/C=C/C(=O)Nc2ccccc2N)Oc2ccccc2)cc1. The van der Waals surface area contributed by atoms with E-state index in [0.717, 1.165) is 17.7 Å². The third-order valence-corrected chi connectivity index (χ3v) is 5.80. The molecule has 0 aliphatic heterocycles. The molecule has 0 aliphatic carbocycles. The van der Waals surface area contributed by atoms with Crippen LogP contribution in [0.1, 0.15) is 17.2 Å². The van der Waals surface area contributed by atoms with Crippen LogP contribution < -0.4 is 21.1 Å². The Morgan fingerprint density at radius 1 is 0.925 bits per heavy atom. The van der Waals surface area contributed by atoms with Crippen LogP contribution in [0.3, 0.4) is 0 Å². The van der Waals surface area contributed by atoms with Gasteiger partial charge in [-0.2, -0.15) is 0 Å². The third-order valence-electron chi connectivity index (χ3n) is 5.80. The van der Waals surface area contributed by atoms with Crippen molar-refractivity contribution in [1.29, 1.82) is 0 Å². The molecule has 2 atom stereocenters. The molecule has 5 N–H and O–H groups in total. The molecule has 0 radical (unpaired) electrons. The number of ether oxygens (including phenoxy) is 2. The number of hydrogen-bond donors (Lipinski definition) is 4. The fourth-order valence-electron chi connectivity index (χ4n) is 3.75. The number of para-hydroxylation sites is 3. The summed E-state index contributed by atoms with van der Waals surface area (Å²) < 4.78 is 26.3. The van der Waals surface area contributed by atoms with Gasteiger partial charge in [0.05, 0.1) is 11.4 Å². The summed E-state index contributed by atoms with van der Waals surface area (Å²) in [5.74, 6) is -1.58.